The van der Waals surface area contributed by atoms with Gasteiger partial charge in [-0.2, -0.15) is 18.3 Å². The molecule has 0 aliphatic rings. The first-order chi connectivity index (χ1) is 15.9. The van der Waals surface area contributed by atoms with E-state index in [1.54, 1.807) is 0 Å². The number of amides is 1. The molecule has 0 aliphatic heterocycles. The zero-order chi connectivity index (χ0) is 25.1. The number of benzene rings is 2. The topological polar surface area (TPSA) is 82.2 Å². The fourth-order valence-electron chi connectivity index (χ4n) is 3.23. The fourth-order valence-corrected chi connectivity index (χ4v) is 3.36. The second-order valence-electron chi connectivity index (χ2n) is 8.63. The Balaban J connectivity index is 1.78. The number of rotatable bonds is 7. The van der Waals surface area contributed by atoms with Crippen molar-refractivity contribution >= 4 is 23.1 Å². The Morgan fingerprint density at radius 2 is 1.82 bits per heavy atom. The number of carbonyl (C=O) groups excluding carboxylic acids is 1. The number of nitrogens with zero attached hydrogens (tertiary/aromatic N) is 2. The van der Waals surface area contributed by atoms with E-state index in [4.69, 9.17) is 22.7 Å². The number of thiocarbonyl (C=S) groups is 1. The van der Waals surface area contributed by atoms with Crippen molar-refractivity contribution in [2.75, 3.05) is 6.54 Å². The highest BCUT2D eigenvalue weighted by molar-refractivity contribution is 7.80. The SMILES string of the molecule is CC(C)(C)n1ncc(Oc2cccc(C(F)(F)F)c2)c1C(=O)NCCc1ccc(C(N)=S)cc1. The van der Waals surface area contributed by atoms with Crippen LogP contribution < -0.4 is 15.8 Å². The standard InChI is InChI=1S/C24H25F3N4O2S/c1-23(2,3)31-20(22(32)29-12-11-15-7-9-16(10-8-15)21(28)34)19(14-30-31)33-18-6-4-5-17(13-18)24(25,26)27/h4-10,13-14H,11-12H2,1-3H3,(H2,28,34)(H,29,32). The molecule has 1 aromatic heterocycles. The normalized spacial score (nSPS) is 11.8. The van der Waals surface area contributed by atoms with Crippen molar-refractivity contribution in [3.8, 4) is 11.5 Å². The third kappa shape index (κ3) is 6.13. The van der Waals surface area contributed by atoms with E-state index in [2.05, 4.69) is 10.4 Å². The van der Waals surface area contributed by atoms with E-state index in [1.165, 1.54) is 23.0 Å². The molecule has 0 saturated heterocycles. The molecular weight excluding hydrogens is 465 g/mol. The fraction of sp³-hybridized carbons (Fsp3) is 0.292. The molecule has 0 unspecified atom stereocenters. The van der Waals surface area contributed by atoms with Crippen LogP contribution in [-0.2, 0) is 18.1 Å². The average Bonchev–Trinajstić information content (AvgIpc) is 3.18. The Bertz CT molecular complexity index is 1180. The molecule has 0 radical (unpaired) electrons. The lowest BCUT2D eigenvalue weighted by atomic mass is 10.1. The third-order valence-electron chi connectivity index (χ3n) is 4.91. The van der Waals surface area contributed by atoms with Crippen molar-refractivity contribution in [3.05, 3.63) is 77.1 Å². The average molecular weight is 491 g/mol. The van der Waals surface area contributed by atoms with Gasteiger partial charge in [0.2, 0.25) is 0 Å². The summed E-state index contributed by atoms with van der Waals surface area (Å²) >= 11 is 4.94. The summed E-state index contributed by atoms with van der Waals surface area (Å²) in [7, 11) is 0. The van der Waals surface area contributed by atoms with Gasteiger partial charge in [0.05, 0.1) is 17.3 Å². The lowest BCUT2D eigenvalue weighted by Gasteiger charge is -2.22. The highest BCUT2D eigenvalue weighted by atomic mass is 32.1. The summed E-state index contributed by atoms with van der Waals surface area (Å²) < 4.78 is 46.4. The zero-order valence-electron chi connectivity index (χ0n) is 18.9. The number of aromatic nitrogens is 2. The van der Waals surface area contributed by atoms with Crippen LogP contribution in [0.3, 0.4) is 0 Å². The van der Waals surface area contributed by atoms with E-state index in [1.807, 2.05) is 45.0 Å². The molecule has 1 heterocycles. The van der Waals surface area contributed by atoms with Crippen molar-refractivity contribution in [3.63, 3.8) is 0 Å². The van der Waals surface area contributed by atoms with Gasteiger partial charge in [-0.1, -0.05) is 42.5 Å². The number of nitrogens with one attached hydrogen (secondary N) is 1. The molecule has 0 bridgehead atoms. The summed E-state index contributed by atoms with van der Waals surface area (Å²) in [6.45, 7) is 5.89. The number of halogens is 3. The van der Waals surface area contributed by atoms with Crippen molar-refractivity contribution < 1.29 is 22.7 Å². The summed E-state index contributed by atoms with van der Waals surface area (Å²) in [5.41, 5.74) is 6.04. The molecule has 0 aliphatic carbocycles. The molecule has 2 aromatic carbocycles. The minimum Gasteiger partial charge on any atom is -0.453 e. The van der Waals surface area contributed by atoms with Crippen LogP contribution in [0.15, 0.2) is 54.7 Å². The van der Waals surface area contributed by atoms with Crippen molar-refractivity contribution in [2.24, 2.45) is 5.73 Å². The first-order valence-corrected chi connectivity index (χ1v) is 10.9. The Labute approximate surface area is 200 Å². The lowest BCUT2D eigenvalue weighted by Crippen LogP contribution is -2.33. The van der Waals surface area contributed by atoms with Gasteiger partial charge in [-0.3, -0.25) is 9.48 Å². The molecule has 0 fully saturated rings. The smallest absolute Gasteiger partial charge is 0.416 e. The Morgan fingerprint density at radius 1 is 1.15 bits per heavy atom. The molecule has 0 saturated carbocycles. The molecule has 3 rings (SSSR count). The van der Waals surface area contributed by atoms with Crippen LogP contribution in [0.5, 0.6) is 11.5 Å². The number of ether oxygens (including phenoxy) is 1. The van der Waals surface area contributed by atoms with Crippen LogP contribution in [0, 0.1) is 0 Å². The first-order valence-electron chi connectivity index (χ1n) is 10.5. The predicted molar refractivity (Wildman–Crippen MR) is 127 cm³/mol. The van der Waals surface area contributed by atoms with Crippen molar-refractivity contribution in [1.29, 1.82) is 0 Å². The number of hydrogen-bond donors (Lipinski definition) is 2. The van der Waals surface area contributed by atoms with Gasteiger partial charge < -0.3 is 15.8 Å². The maximum absolute atomic E-state index is 13.1. The van der Waals surface area contributed by atoms with Crippen LogP contribution in [-0.4, -0.2) is 27.2 Å². The molecule has 180 valence electrons. The quantitative estimate of drug-likeness (QED) is 0.453. The van der Waals surface area contributed by atoms with Crippen LogP contribution in [0.25, 0.3) is 0 Å². The van der Waals surface area contributed by atoms with Gasteiger partial charge in [-0.25, -0.2) is 0 Å². The van der Waals surface area contributed by atoms with E-state index in [-0.39, 0.29) is 17.2 Å². The summed E-state index contributed by atoms with van der Waals surface area (Å²) in [5, 5.41) is 7.09. The van der Waals surface area contributed by atoms with Gasteiger partial charge in [0.15, 0.2) is 11.4 Å². The number of alkyl halides is 3. The lowest BCUT2D eigenvalue weighted by molar-refractivity contribution is -0.137. The summed E-state index contributed by atoms with van der Waals surface area (Å²) in [5.74, 6) is -0.433. The second-order valence-corrected chi connectivity index (χ2v) is 9.07. The third-order valence-corrected chi connectivity index (χ3v) is 5.15. The van der Waals surface area contributed by atoms with Crippen molar-refractivity contribution in [1.82, 2.24) is 15.1 Å². The Hall–Kier alpha value is -3.40. The first kappa shape index (κ1) is 25.2. The highest BCUT2D eigenvalue weighted by Gasteiger charge is 2.31. The van der Waals surface area contributed by atoms with E-state index >= 15 is 0 Å². The molecule has 0 atom stereocenters. The molecule has 3 aromatic rings. The van der Waals surface area contributed by atoms with E-state index in [9.17, 15) is 18.0 Å². The molecule has 34 heavy (non-hydrogen) atoms. The second kappa shape index (κ2) is 9.84. The van der Waals surface area contributed by atoms with Gasteiger partial charge in [-0.15, -0.1) is 0 Å². The minimum absolute atomic E-state index is 0.0461. The molecular formula is C24H25F3N4O2S. The van der Waals surface area contributed by atoms with Gasteiger partial charge in [0, 0.05) is 12.1 Å². The summed E-state index contributed by atoms with van der Waals surface area (Å²) in [4.78, 5) is 13.4. The summed E-state index contributed by atoms with van der Waals surface area (Å²) in [6, 6.07) is 11.9. The van der Waals surface area contributed by atoms with Crippen LogP contribution in [0.1, 0.15) is 48.0 Å². The van der Waals surface area contributed by atoms with Crippen molar-refractivity contribution in [2.45, 2.75) is 38.9 Å². The van der Waals surface area contributed by atoms with Gasteiger partial charge in [0.1, 0.15) is 10.7 Å². The molecule has 10 heteroatoms. The van der Waals surface area contributed by atoms with Crippen LogP contribution in [0.4, 0.5) is 13.2 Å². The number of nitrogens with two attached hydrogens (primary N) is 1. The molecule has 3 N–H and O–H groups in total. The minimum atomic E-state index is -4.51. The van der Waals surface area contributed by atoms with E-state index < -0.39 is 23.2 Å². The Kier molecular flexibility index (Phi) is 7.30. The highest BCUT2D eigenvalue weighted by Crippen LogP contribution is 2.34. The number of carbonyl (C=O) groups is 1. The zero-order valence-corrected chi connectivity index (χ0v) is 19.8. The largest absolute Gasteiger partial charge is 0.453 e. The van der Waals surface area contributed by atoms with Crippen LogP contribution >= 0.6 is 12.2 Å². The molecule has 6 nitrogen and oxygen atoms in total. The molecule has 1 amide bonds. The van der Waals surface area contributed by atoms with Gasteiger partial charge >= 0.3 is 6.18 Å². The summed E-state index contributed by atoms with van der Waals surface area (Å²) in [6.07, 6.45) is -2.63. The maximum Gasteiger partial charge on any atom is 0.416 e. The number of hydrogen-bond acceptors (Lipinski definition) is 4. The van der Waals surface area contributed by atoms with Gasteiger partial charge in [0.25, 0.3) is 5.91 Å². The monoisotopic (exact) mass is 490 g/mol. The van der Waals surface area contributed by atoms with E-state index in [0.717, 1.165) is 23.3 Å². The Morgan fingerprint density at radius 3 is 2.41 bits per heavy atom. The predicted octanol–water partition coefficient (Wildman–Crippen LogP) is 5.06. The van der Waals surface area contributed by atoms with E-state index in [0.29, 0.717) is 18.0 Å². The maximum atomic E-state index is 13.1. The van der Waals surface area contributed by atoms with Gasteiger partial charge in [-0.05, 0) is 51.0 Å². The molecule has 0 spiro atoms. The van der Waals surface area contributed by atoms with Crippen LogP contribution in [0.2, 0.25) is 0 Å².